The molecule has 1 rings (SSSR count). The Morgan fingerprint density at radius 2 is 2.06 bits per heavy atom. The number of nitrogens with zero attached hydrogens (tertiary/aromatic N) is 3. The number of hydrogen-bond donors (Lipinski definition) is 2. The number of rotatable bonds is 8. The summed E-state index contributed by atoms with van der Waals surface area (Å²) in [6, 6.07) is 0. The van der Waals surface area contributed by atoms with E-state index < -0.39 is 6.10 Å². The molecule has 0 amide bonds. The van der Waals surface area contributed by atoms with Crippen molar-refractivity contribution in [3.63, 3.8) is 0 Å². The number of anilines is 1. The second kappa shape index (κ2) is 7.29. The van der Waals surface area contributed by atoms with Gasteiger partial charge in [-0.25, -0.2) is 0 Å². The Morgan fingerprint density at radius 1 is 1.41 bits per heavy atom. The average molecular weight is 240 g/mol. The first-order valence-corrected chi connectivity index (χ1v) is 6.34. The number of aliphatic hydroxyl groups is 1. The fourth-order valence-electron chi connectivity index (χ4n) is 1.98. The predicted molar refractivity (Wildman–Crippen MR) is 69.7 cm³/mol. The van der Waals surface area contributed by atoms with Crippen LogP contribution >= 0.6 is 0 Å². The molecule has 1 heterocycles. The molecule has 1 unspecified atom stereocenters. The van der Waals surface area contributed by atoms with E-state index in [0.717, 1.165) is 25.9 Å². The summed E-state index contributed by atoms with van der Waals surface area (Å²) in [5.74, 6) is 0. The van der Waals surface area contributed by atoms with Crippen LogP contribution in [-0.2, 0) is 6.54 Å². The van der Waals surface area contributed by atoms with Crippen LogP contribution in [0.3, 0.4) is 0 Å². The number of hydrogen-bond acceptors (Lipinski definition) is 4. The topological polar surface area (TPSA) is 67.3 Å². The molecule has 0 radical (unpaired) electrons. The molecule has 0 aliphatic carbocycles. The van der Waals surface area contributed by atoms with Crippen LogP contribution < -0.4 is 5.73 Å². The second-order valence-corrected chi connectivity index (χ2v) is 4.45. The van der Waals surface area contributed by atoms with Crippen molar-refractivity contribution in [3.8, 4) is 0 Å². The number of aromatic nitrogens is 2. The number of nitrogen functional groups attached to an aromatic ring is 1. The van der Waals surface area contributed by atoms with Crippen molar-refractivity contribution < 1.29 is 5.11 Å². The summed E-state index contributed by atoms with van der Waals surface area (Å²) in [5, 5.41) is 14.1. The summed E-state index contributed by atoms with van der Waals surface area (Å²) in [6.07, 6.45) is 5.17. The van der Waals surface area contributed by atoms with Crippen molar-refractivity contribution in [1.29, 1.82) is 0 Å². The van der Waals surface area contributed by atoms with Crippen LogP contribution in [-0.4, -0.2) is 45.5 Å². The molecular weight excluding hydrogens is 216 g/mol. The Labute approximate surface area is 103 Å². The fourth-order valence-corrected chi connectivity index (χ4v) is 1.98. The van der Waals surface area contributed by atoms with Crippen molar-refractivity contribution in [2.24, 2.45) is 0 Å². The smallest absolute Gasteiger partial charge is 0.0862 e. The summed E-state index contributed by atoms with van der Waals surface area (Å²) in [4.78, 5) is 2.29. The summed E-state index contributed by atoms with van der Waals surface area (Å²) in [6.45, 7) is 7.58. The van der Waals surface area contributed by atoms with E-state index in [1.54, 1.807) is 17.1 Å². The van der Waals surface area contributed by atoms with E-state index in [1.165, 1.54) is 0 Å². The lowest BCUT2D eigenvalue weighted by Crippen LogP contribution is -2.35. The normalized spacial score (nSPS) is 13.2. The van der Waals surface area contributed by atoms with E-state index in [0.29, 0.717) is 18.8 Å². The van der Waals surface area contributed by atoms with Gasteiger partial charge in [-0.15, -0.1) is 0 Å². The highest BCUT2D eigenvalue weighted by Crippen LogP contribution is 2.02. The highest BCUT2D eigenvalue weighted by molar-refractivity contribution is 5.30. The van der Waals surface area contributed by atoms with E-state index in [2.05, 4.69) is 23.8 Å². The maximum absolute atomic E-state index is 9.99. The quantitative estimate of drug-likeness (QED) is 0.710. The van der Waals surface area contributed by atoms with E-state index in [9.17, 15) is 5.11 Å². The molecule has 1 aromatic rings. The molecule has 3 N–H and O–H groups in total. The fraction of sp³-hybridized carbons (Fsp3) is 0.750. The van der Waals surface area contributed by atoms with E-state index in [1.807, 2.05) is 0 Å². The van der Waals surface area contributed by atoms with Crippen molar-refractivity contribution >= 4 is 5.69 Å². The third-order valence-electron chi connectivity index (χ3n) is 2.60. The molecule has 0 saturated heterocycles. The monoisotopic (exact) mass is 240 g/mol. The van der Waals surface area contributed by atoms with Gasteiger partial charge in [-0.1, -0.05) is 13.8 Å². The first-order chi connectivity index (χ1) is 8.15. The van der Waals surface area contributed by atoms with Crippen molar-refractivity contribution in [2.45, 2.75) is 39.3 Å². The Hall–Kier alpha value is -1.07. The average Bonchev–Trinajstić information content (AvgIpc) is 2.64. The Kier molecular flexibility index (Phi) is 6.00. The van der Waals surface area contributed by atoms with Gasteiger partial charge in [0.1, 0.15) is 0 Å². The van der Waals surface area contributed by atoms with Crippen LogP contribution in [0.1, 0.15) is 26.7 Å². The molecule has 0 saturated carbocycles. The van der Waals surface area contributed by atoms with Gasteiger partial charge in [0.2, 0.25) is 0 Å². The highest BCUT2D eigenvalue weighted by Gasteiger charge is 2.11. The number of aliphatic hydroxyl groups excluding tert-OH is 1. The van der Waals surface area contributed by atoms with Crippen molar-refractivity contribution in [2.75, 3.05) is 25.4 Å². The van der Waals surface area contributed by atoms with Gasteiger partial charge in [-0.2, -0.15) is 5.10 Å². The third kappa shape index (κ3) is 5.19. The minimum Gasteiger partial charge on any atom is -0.396 e. The molecule has 5 nitrogen and oxygen atoms in total. The predicted octanol–water partition coefficient (Wildman–Crippen LogP) is 0.948. The molecule has 0 aliphatic heterocycles. The van der Waals surface area contributed by atoms with E-state index in [-0.39, 0.29) is 0 Å². The number of nitrogens with two attached hydrogens (primary N) is 1. The Bertz CT molecular complexity index is 307. The van der Waals surface area contributed by atoms with Gasteiger partial charge in [0.05, 0.1) is 24.5 Å². The molecule has 17 heavy (non-hydrogen) atoms. The van der Waals surface area contributed by atoms with Crippen molar-refractivity contribution in [1.82, 2.24) is 14.7 Å². The zero-order chi connectivity index (χ0) is 12.7. The highest BCUT2D eigenvalue weighted by atomic mass is 16.3. The zero-order valence-corrected chi connectivity index (χ0v) is 10.8. The molecule has 1 atom stereocenters. The lowest BCUT2D eigenvalue weighted by molar-refractivity contribution is 0.0948. The van der Waals surface area contributed by atoms with Gasteiger partial charge in [0.15, 0.2) is 0 Å². The van der Waals surface area contributed by atoms with Gasteiger partial charge < -0.3 is 15.7 Å². The molecular formula is C12H24N4O. The van der Waals surface area contributed by atoms with Crippen LogP contribution in [0, 0.1) is 0 Å². The minimum absolute atomic E-state index is 0.396. The van der Waals surface area contributed by atoms with E-state index in [4.69, 9.17) is 5.73 Å². The molecule has 0 aromatic carbocycles. The lowest BCUT2D eigenvalue weighted by atomic mass is 10.3. The summed E-state index contributed by atoms with van der Waals surface area (Å²) < 4.78 is 1.69. The zero-order valence-electron chi connectivity index (χ0n) is 10.8. The second-order valence-electron chi connectivity index (χ2n) is 4.45. The SMILES string of the molecule is CCCN(CCC)CC(O)Cn1cc(N)cn1. The standard InChI is InChI=1S/C12H24N4O/c1-3-5-15(6-4-2)9-12(17)10-16-8-11(13)7-14-16/h7-8,12,17H,3-6,9-10,13H2,1-2H3. The van der Waals surface area contributed by atoms with Gasteiger partial charge in [0.25, 0.3) is 0 Å². The largest absolute Gasteiger partial charge is 0.396 e. The van der Waals surface area contributed by atoms with Crippen LogP contribution in [0.4, 0.5) is 5.69 Å². The first-order valence-electron chi connectivity index (χ1n) is 6.34. The van der Waals surface area contributed by atoms with Gasteiger partial charge >= 0.3 is 0 Å². The summed E-state index contributed by atoms with van der Waals surface area (Å²) in [7, 11) is 0. The van der Waals surface area contributed by atoms with Crippen LogP contribution in [0.5, 0.6) is 0 Å². The van der Waals surface area contributed by atoms with Crippen LogP contribution in [0.15, 0.2) is 12.4 Å². The molecule has 1 aromatic heterocycles. The third-order valence-corrected chi connectivity index (χ3v) is 2.60. The maximum Gasteiger partial charge on any atom is 0.0862 e. The van der Waals surface area contributed by atoms with Gasteiger partial charge in [-0.05, 0) is 25.9 Å². The lowest BCUT2D eigenvalue weighted by Gasteiger charge is -2.24. The molecule has 5 heteroatoms. The van der Waals surface area contributed by atoms with Gasteiger partial charge in [0, 0.05) is 12.7 Å². The Balaban J connectivity index is 2.38. The van der Waals surface area contributed by atoms with Gasteiger partial charge in [-0.3, -0.25) is 4.68 Å². The molecule has 98 valence electrons. The Morgan fingerprint density at radius 3 is 2.53 bits per heavy atom. The molecule has 0 spiro atoms. The molecule has 0 aliphatic rings. The summed E-state index contributed by atoms with van der Waals surface area (Å²) in [5.41, 5.74) is 6.21. The van der Waals surface area contributed by atoms with Crippen molar-refractivity contribution in [3.05, 3.63) is 12.4 Å². The molecule has 0 bridgehead atoms. The first kappa shape index (κ1) is 14.0. The van der Waals surface area contributed by atoms with Crippen LogP contribution in [0.25, 0.3) is 0 Å². The summed E-state index contributed by atoms with van der Waals surface area (Å²) >= 11 is 0. The maximum atomic E-state index is 9.99. The van der Waals surface area contributed by atoms with E-state index >= 15 is 0 Å². The van der Waals surface area contributed by atoms with Crippen LogP contribution in [0.2, 0.25) is 0 Å². The minimum atomic E-state index is -0.396. The molecule has 0 fully saturated rings.